The molecule has 2 aromatic rings. The van der Waals surface area contributed by atoms with Gasteiger partial charge in [0.05, 0.1) is 12.9 Å². The third-order valence-electron chi connectivity index (χ3n) is 4.20. The van der Waals surface area contributed by atoms with Crippen molar-refractivity contribution in [2.75, 3.05) is 38.8 Å². The van der Waals surface area contributed by atoms with Crippen LogP contribution in [0.5, 0.6) is 11.5 Å². The van der Waals surface area contributed by atoms with Gasteiger partial charge in [0.2, 0.25) is 0 Å². The topological polar surface area (TPSA) is 95.1 Å². The highest BCUT2D eigenvalue weighted by Crippen LogP contribution is 2.19. The van der Waals surface area contributed by atoms with Gasteiger partial charge in [0, 0.05) is 36.5 Å². The number of hydrogen-bond donors (Lipinski definition) is 2. The van der Waals surface area contributed by atoms with E-state index in [0.29, 0.717) is 42.3 Å². The number of rotatable bonds is 11. The summed E-state index contributed by atoms with van der Waals surface area (Å²) in [6, 6.07) is 13.5. The van der Waals surface area contributed by atoms with E-state index in [0.717, 1.165) is 0 Å². The Hall–Kier alpha value is -3.59. The van der Waals surface area contributed by atoms with E-state index in [4.69, 9.17) is 18.9 Å². The summed E-state index contributed by atoms with van der Waals surface area (Å²) in [5.41, 5.74) is 0.594. The van der Waals surface area contributed by atoms with Gasteiger partial charge in [0.25, 0.3) is 5.91 Å². The van der Waals surface area contributed by atoms with Crippen molar-refractivity contribution in [3.63, 3.8) is 0 Å². The number of methoxy groups -OCH3 is 1. The van der Waals surface area contributed by atoms with Crippen molar-refractivity contribution >= 4 is 17.7 Å². The zero-order valence-electron chi connectivity index (χ0n) is 19.9. The molecule has 0 aliphatic carbocycles. The van der Waals surface area contributed by atoms with E-state index in [1.807, 2.05) is 0 Å². The predicted octanol–water partition coefficient (Wildman–Crippen LogP) is 4.72. The van der Waals surface area contributed by atoms with Gasteiger partial charge in [-0.3, -0.25) is 4.79 Å². The van der Waals surface area contributed by atoms with Gasteiger partial charge in [-0.15, -0.1) is 0 Å². The molecule has 2 rings (SSSR count). The van der Waals surface area contributed by atoms with Crippen LogP contribution < -0.4 is 20.1 Å². The summed E-state index contributed by atoms with van der Waals surface area (Å²) in [5, 5.41) is 5.28. The molecule has 0 aliphatic rings. The molecule has 0 unspecified atom stereocenters. The van der Waals surface area contributed by atoms with Crippen LogP contribution in [0.15, 0.2) is 60.4 Å². The summed E-state index contributed by atoms with van der Waals surface area (Å²) < 4.78 is 34.3. The molecule has 0 spiro atoms. The van der Waals surface area contributed by atoms with Crippen molar-refractivity contribution in [1.29, 1.82) is 0 Å². The molecule has 2 aromatic carbocycles. The number of amides is 2. The Bertz CT molecular complexity index is 970. The fourth-order valence-corrected chi connectivity index (χ4v) is 2.61. The minimum Gasteiger partial charge on any atom is -0.491 e. The molecule has 0 fully saturated rings. The first-order chi connectivity index (χ1) is 16.2. The Balaban J connectivity index is 1.84. The summed E-state index contributed by atoms with van der Waals surface area (Å²) in [4.78, 5) is 24.2. The first-order valence-electron chi connectivity index (χ1n) is 10.7. The lowest BCUT2D eigenvalue weighted by Crippen LogP contribution is -2.34. The van der Waals surface area contributed by atoms with Crippen molar-refractivity contribution in [3.05, 3.63) is 66.0 Å². The number of benzene rings is 2. The second-order valence-electron chi connectivity index (χ2n) is 8.26. The zero-order valence-corrected chi connectivity index (χ0v) is 19.9. The van der Waals surface area contributed by atoms with Crippen LogP contribution in [0, 0.1) is 0 Å². The quantitative estimate of drug-likeness (QED) is 0.458. The van der Waals surface area contributed by atoms with Crippen LogP contribution in [-0.4, -0.2) is 51.1 Å². The molecule has 0 aliphatic heterocycles. The Labute approximate surface area is 199 Å². The van der Waals surface area contributed by atoms with Crippen molar-refractivity contribution in [1.82, 2.24) is 5.32 Å². The normalized spacial score (nSPS) is 11.5. The highest BCUT2D eigenvalue weighted by atomic mass is 19.1. The Morgan fingerprint density at radius 1 is 1.00 bits per heavy atom. The largest absolute Gasteiger partial charge is 0.491 e. The van der Waals surface area contributed by atoms with Gasteiger partial charge in [-0.1, -0.05) is 6.07 Å². The van der Waals surface area contributed by atoms with E-state index in [2.05, 4.69) is 10.6 Å². The second-order valence-corrected chi connectivity index (χ2v) is 8.26. The average Bonchev–Trinajstić information content (AvgIpc) is 2.79. The molecular weight excluding hydrogens is 443 g/mol. The van der Waals surface area contributed by atoms with E-state index < -0.39 is 11.7 Å². The smallest absolute Gasteiger partial charge is 0.407 e. The number of carbonyl (C=O) groups excluding carboxylic acids is 2. The van der Waals surface area contributed by atoms with Crippen molar-refractivity contribution in [2.45, 2.75) is 26.4 Å². The van der Waals surface area contributed by atoms with Gasteiger partial charge in [0.15, 0.2) is 0 Å². The summed E-state index contributed by atoms with van der Waals surface area (Å²) in [7, 11) is 1.59. The molecule has 0 saturated heterocycles. The second kappa shape index (κ2) is 13.2. The fourth-order valence-electron chi connectivity index (χ4n) is 2.61. The molecule has 184 valence electrons. The SMILES string of the molecule is COCCOc1cccc(NC(=O)c2ccc(OC/C(=C\F)CNC(=O)OC(C)(C)C)cc2)c1. The molecular formula is C25H31FN2O6. The van der Waals surface area contributed by atoms with Crippen LogP contribution in [0.25, 0.3) is 0 Å². The Kier molecular flexibility index (Phi) is 10.3. The van der Waals surface area contributed by atoms with E-state index in [-0.39, 0.29) is 24.6 Å². The molecule has 0 saturated carbocycles. The summed E-state index contributed by atoms with van der Waals surface area (Å²) in [6.07, 6.45) is -0.263. The molecule has 0 heterocycles. The molecule has 0 bridgehead atoms. The fraction of sp³-hybridized carbons (Fsp3) is 0.360. The van der Waals surface area contributed by atoms with Crippen LogP contribution in [-0.2, 0) is 9.47 Å². The minimum absolute atomic E-state index is 0.0554. The summed E-state index contributed by atoms with van der Waals surface area (Å²) in [5.74, 6) is 0.768. The van der Waals surface area contributed by atoms with Crippen LogP contribution >= 0.6 is 0 Å². The van der Waals surface area contributed by atoms with Crippen molar-refractivity contribution < 1.29 is 32.9 Å². The van der Waals surface area contributed by atoms with Crippen LogP contribution in [0.3, 0.4) is 0 Å². The third-order valence-corrected chi connectivity index (χ3v) is 4.20. The number of halogens is 1. The number of alkyl carbamates (subject to hydrolysis) is 1. The maximum atomic E-state index is 13.1. The molecule has 0 aromatic heterocycles. The van der Waals surface area contributed by atoms with E-state index in [9.17, 15) is 14.0 Å². The van der Waals surface area contributed by atoms with E-state index in [1.165, 1.54) is 0 Å². The number of anilines is 1. The first kappa shape index (κ1) is 26.7. The van der Waals surface area contributed by atoms with Crippen LogP contribution in [0.1, 0.15) is 31.1 Å². The molecule has 34 heavy (non-hydrogen) atoms. The Morgan fingerprint density at radius 3 is 2.38 bits per heavy atom. The zero-order chi connectivity index (χ0) is 25.0. The van der Waals surface area contributed by atoms with Gasteiger partial charge in [-0.2, -0.15) is 0 Å². The number of carbonyl (C=O) groups is 2. The molecule has 9 heteroatoms. The van der Waals surface area contributed by atoms with Crippen molar-refractivity contribution in [3.8, 4) is 11.5 Å². The van der Waals surface area contributed by atoms with Gasteiger partial charge in [-0.05, 0) is 57.2 Å². The van der Waals surface area contributed by atoms with Crippen LogP contribution in [0.4, 0.5) is 14.9 Å². The molecule has 2 N–H and O–H groups in total. The molecule has 8 nitrogen and oxygen atoms in total. The lowest BCUT2D eigenvalue weighted by molar-refractivity contribution is 0.0531. The van der Waals surface area contributed by atoms with Crippen molar-refractivity contribution in [2.24, 2.45) is 0 Å². The highest BCUT2D eigenvalue weighted by Gasteiger charge is 2.16. The average molecular weight is 475 g/mol. The lowest BCUT2D eigenvalue weighted by atomic mass is 10.2. The number of ether oxygens (including phenoxy) is 4. The number of nitrogens with one attached hydrogen (secondary N) is 2. The highest BCUT2D eigenvalue weighted by molar-refractivity contribution is 6.04. The maximum absolute atomic E-state index is 13.1. The van der Waals surface area contributed by atoms with Gasteiger partial charge < -0.3 is 29.6 Å². The lowest BCUT2D eigenvalue weighted by Gasteiger charge is -2.20. The van der Waals surface area contributed by atoms with Gasteiger partial charge in [0.1, 0.15) is 30.3 Å². The first-order valence-corrected chi connectivity index (χ1v) is 10.7. The van der Waals surface area contributed by atoms with Gasteiger partial charge >= 0.3 is 6.09 Å². The van der Waals surface area contributed by atoms with Gasteiger partial charge in [-0.25, -0.2) is 9.18 Å². The summed E-state index contributed by atoms with van der Waals surface area (Å²) >= 11 is 0. The minimum atomic E-state index is -0.644. The summed E-state index contributed by atoms with van der Waals surface area (Å²) in [6.45, 7) is 5.96. The monoisotopic (exact) mass is 474 g/mol. The predicted molar refractivity (Wildman–Crippen MR) is 127 cm³/mol. The third kappa shape index (κ3) is 9.91. The number of hydrogen-bond acceptors (Lipinski definition) is 6. The van der Waals surface area contributed by atoms with Crippen LogP contribution in [0.2, 0.25) is 0 Å². The van der Waals surface area contributed by atoms with E-state index >= 15 is 0 Å². The van der Waals surface area contributed by atoms with E-state index in [1.54, 1.807) is 76.4 Å². The Morgan fingerprint density at radius 2 is 1.74 bits per heavy atom. The molecule has 0 atom stereocenters. The maximum Gasteiger partial charge on any atom is 0.407 e. The standard InChI is InChI=1S/C25H31FN2O6/c1-25(2,3)34-24(30)27-16-18(15-26)17-33-21-10-8-19(9-11-21)23(29)28-20-6-5-7-22(14-20)32-13-12-31-4/h5-11,14-15H,12-13,16-17H2,1-4H3,(H,27,30)(H,28,29)/b18-15-. The molecule has 0 radical (unpaired) electrons. The molecule has 2 amide bonds.